The van der Waals surface area contributed by atoms with Crippen LogP contribution < -0.4 is 21.1 Å². The number of likely N-dealkylation sites (tertiary alicyclic amines) is 1. The number of hydrogen-bond acceptors (Lipinski definition) is 11. The number of fused-ring (bicyclic) bond motifs is 2. The first-order valence-electron chi connectivity index (χ1n) is 22.3. The van der Waals surface area contributed by atoms with E-state index < -0.39 is 23.8 Å². The number of primary amides is 1. The van der Waals surface area contributed by atoms with Gasteiger partial charge in [0, 0.05) is 50.5 Å². The third-order valence-electron chi connectivity index (χ3n) is 12.7. The second kappa shape index (κ2) is 19.8. The lowest BCUT2D eigenvalue weighted by molar-refractivity contribution is -0.138. The fourth-order valence-electron chi connectivity index (χ4n) is 9.39. The molecular formula is C48H55N7O8. The van der Waals surface area contributed by atoms with E-state index >= 15 is 0 Å². The molecule has 15 nitrogen and oxygen atoms in total. The molecule has 2 fully saturated rings. The summed E-state index contributed by atoms with van der Waals surface area (Å²) < 4.78 is 13.7. The van der Waals surface area contributed by atoms with Crippen molar-refractivity contribution in [3.8, 4) is 22.8 Å². The van der Waals surface area contributed by atoms with Crippen LogP contribution in [0.1, 0.15) is 114 Å². The molecule has 4 aliphatic rings. The number of ketones is 2. The number of nitrogens with one attached hydrogen (secondary N) is 2. The Morgan fingerprint density at radius 2 is 1.54 bits per heavy atom. The normalized spacial score (nSPS) is 18.9. The SMILES string of the molecule is NC(=O)c1c(-c2ccc(Oc3ccccc3)cc2)nn2c1NCC[C@H]2C1CCN(C(=O)COCCCCCCCCNc2cccc3c2C(=O)N(C2CCC(=O)CC2=O)C3=O)CC1. The van der Waals surface area contributed by atoms with Crippen molar-refractivity contribution in [1.82, 2.24) is 19.6 Å². The summed E-state index contributed by atoms with van der Waals surface area (Å²) in [5.74, 6) is 0.327. The quantitative estimate of drug-likeness (QED) is 0.0542. The van der Waals surface area contributed by atoms with Crippen LogP contribution in [0.4, 0.5) is 11.5 Å². The van der Waals surface area contributed by atoms with Crippen LogP contribution in [0, 0.1) is 5.92 Å². The van der Waals surface area contributed by atoms with Gasteiger partial charge in [-0.1, -0.05) is 49.9 Å². The highest BCUT2D eigenvalue weighted by molar-refractivity contribution is 6.25. The maximum Gasteiger partial charge on any atom is 0.264 e. The Kier molecular flexibility index (Phi) is 13.6. The average Bonchev–Trinajstić information content (AvgIpc) is 3.81. The van der Waals surface area contributed by atoms with Gasteiger partial charge in [0.2, 0.25) is 5.91 Å². The summed E-state index contributed by atoms with van der Waals surface area (Å²) in [4.78, 5) is 79.5. The molecule has 3 aromatic carbocycles. The summed E-state index contributed by atoms with van der Waals surface area (Å²) in [6, 6.07) is 21.3. The standard InChI is InChI=1S/C48H55N7O8/c49-45(59)43-44(32-15-18-35(19-16-32)63-34-11-6-5-7-12-34)52-55-38(21-25-51-46(43)55)31-22-26-53(27-23-31)41(58)30-62-28-9-4-2-1-3-8-24-50-37-14-10-13-36-42(37)48(61)54(47(36)60)39-20-17-33(56)29-40(39)57/h5-7,10-16,18-19,31,38-39,50-51H,1-4,8-9,17,20-30H2,(H2,49,59)/t38-,39?/m0/s1. The number of nitrogens with zero attached hydrogens (tertiary/aromatic N) is 4. The highest BCUT2D eigenvalue weighted by Crippen LogP contribution is 2.40. The summed E-state index contributed by atoms with van der Waals surface area (Å²) >= 11 is 0. The number of para-hydroxylation sites is 1. The molecule has 1 aromatic heterocycles. The van der Waals surface area contributed by atoms with Crippen LogP contribution >= 0.6 is 0 Å². The molecule has 4 aromatic rings. The first-order valence-corrected chi connectivity index (χ1v) is 22.3. The number of carbonyl (C=O) groups excluding carboxylic acids is 6. The van der Waals surface area contributed by atoms with Crippen molar-refractivity contribution in [2.75, 3.05) is 50.0 Å². The van der Waals surface area contributed by atoms with Crippen molar-refractivity contribution in [2.45, 2.75) is 89.1 Å². The third kappa shape index (κ3) is 9.68. The molecule has 1 aliphatic carbocycles. The number of imide groups is 1. The van der Waals surface area contributed by atoms with Gasteiger partial charge >= 0.3 is 0 Å². The van der Waals surface area contributed by atoms with Crippen molar-refractivity contribution in [1.29, 1.82) is 0 Å². The maximum absolute atomic E-state index is 13.3. The fourth-order valence-corrected chi connectivity index (χ4v) is 9.39. The Balaban J connectivity index is 0.719. The highest BCUT2D eigenvalue weighted by atomic mass is 16.5. The zero-order chi connectivity index (χ0) is 43.9. The minimum Gasteiger partial charge on any atom is -0.457 e. The molecule has 15 heteroatoms. The molecule has 3 aliphatic heterocycles. The molecule has 0 radical (unpaired) electrons. The van der Waals surface area contributed by atoms with E-state index in [0.717, 1.165) is 74.0 Å². The summed E-state index contributed by atoms with van der Waals surface area (Å²) in [7, 11) is 0. The predicted molar refractivity (Wildman–Crippen MR) is 236 cm³/mol. The lowest BCUT2D eigenvalue weighted by Crippen LogP contribution is -2.47. The van der Waals surface area contributed by atoms with Crippen LogP contribution in [0.2, 0.25) is 0 Å². The Bertz CT molecular complexity index is 2340. The maximum atomic E-state index is 13.3. The largest absolute Gasteiger partial charge is 0.457 e. The van der Waals surface area contributed by atoms with Crippen molar-refractivity contribution in [2.24, 2.45) is 11.7 Å². The van der Waals surface area contributed by atoms with Gasteiger partial charge in [-0.3, -0.25) is 33.7 Å². The summed E-state index contributed by atoms with van der Waals surface area (Å²) in [5, 5.41) is 11.7. The number of aromatic nitrogens is 2. The van der Waals surface area contributed by atoms with Gasteiger partial charge in [0.25, 0.3) is 17.7 Å². The zero-order valence-corrected chi connectivity index (χ0v) is 35.5. The minimum atomic E-state index is -0.883. The predicted octanol–water partition coefficient (Wildman–Crippen LogP) is 6.79. The van der Waals surface area contributed by atoms with E-state index in [9.17, 15) is 28.8 Å². The molecule has 1 saturated carbocycles. The smallest absolute Gasteiger partial charge is 0.264 e. The number of Topliss-reactive ketones (excluding diaryl/α,β-unsaturated/α-hetero) is 2. The number of anilines is 2. The summed E-state index contributed by atoms with van der Waals surface area (Å²) in [6.07, 6.45) is 8.47. The molecule has 4 heterocycles. The van der Waals surface area contributed by atoms with Crippen molar-refractivity contribution >= 4 is 46.7 Å². The van der Waals surface area contributed by atoms with E-state index in [0.29, 0.717) is 66.9 Å². The first kappa shape index (κ1) is 43.3. The number of piperidine rings is 1. The topological polar surface area (TPSA) is 195 Å². The van der Waals surface area contributed by atoms with E-state index in [1.54, 1.807) is 18.2 Å². The van der Waals surface area contributed by atoms with Gasteiger partial charge in [-0.15, -0.1) is 0 Å². The van der Waals surface area contributed by atoms with Crippen LogP contribution in [0.15, 0.2) is 72.8 Å². The van der Waals surface area contributed by atoms with Gasteiger partial charge < -0.3 is 30.7 Å². The molecule has 4 N–H and O–H groups in total. The number of hydrogen-bond donors (Lipinski definition) is 3. The van der Waals surface area contributed by atoms with E-state index in [-0.39, 0.29) is 60.9 Å². The summed E-state index contributed by atoms with van der Waals surface area (Å²) in [5.41, 5.74) is 8.80. The van der Waals surface area contributed by atoms with Crippen LogP contribution in [-0.4, -0.2) is 100 Å². The van der Waals surface area contributed by atoms with Crippen LogP contribution in [0.5, 0.6) is 11.5 Å². The summed E-state index contributed by atoms with van der Waals surface area (Å²) in [6.45, 7) is 3.22. The zero-order valence-electron chi connectivity index (χ0n) is 35.5. The molecule has 63 heavy (non-hydrogen) atoms. The first-order chi connectivity index (χ1) is 30.7. The molecule has 8 rings (SSSR count). The van der Waals surface area contributed by atoms with Gasteiger partial charge in [-0.25, -0.2) is 4.68 Å². The van der Waals surface area contributed by atoms with Gasteiger partial charge in [0.15, 0.2) is 5.78 Å². The van der Waals surface area contributed by atoms with Gasteiger partial charge in [-0.05, 0) is 93.0 Å². The number of carbonyl (C=O) groups is 6. The third-order valence-corrected chi connectivity index (χ3v) is 12.7. The average molecular weight is 858 g/mol. The monoisotopic (exact) mass is 857 g/mol. The molecule has 1 saturated heterocycles. The van der Waals surface area contributed by atoms with E-state index in [1.807, 2.05) is 64.2 Å². The lowest BCUT2D eigenvalue weighted by atomic mass is 9.87. The fraction of sp³-hybridized carbons (Fsp3) is 0.438. The number of rotatable bonds is 18. The lowest BCUT2D eigenvalue weighted by Gasteiger charge is -2.38. The van der Waals surface area contributed by atoms with Crippen molar-refractivity contribution < 1.29 is 38.2 Å². The Hall–Kier alpha value is -6.35. The second-order valence-corrected chi connectivity index (χ2v) is 16.9. The minimum absolute atomic E-state index is 0.00540. The Morgan fingerprint density at radius 3 is 2.29 bits per heavy atom. The number of benzene rings is 3. The number of unbranched alkanes of at least 4 members (excludes halogenated alkanes) is 5. The van der Waals surface area contributed by atoms with E-state index in [2.05, 4.69) is 10.6 Å². The number of amides is 4. The Morgan fingerprint density at radius 1 is 0.810 bits per heavy atom. The second-order valence-electron chi connectivity index (χ2n) is 16.9. The number of nitrogens with two attached hydrogens (primary N) is 1. The molecule has 2 atom stereocenters. The number of ether oxygens (including phenoxy) is 2. The molecule has 1 unspecified atom stereocenters. The van der Waals surface area contributed by atoms with Crippen LogP contribution in [0.3, 0.4) is 0 Å². The van der Waals surface area contributed by atoms with Gasteiger partial charge in [0.05, 0.1) is 29.6 Å². The Labute approximate surface area is 366 Å². The van der Waals surface area contributed by atoms with Crippen LogP contribution in [0.25, 0.3) is 11.3 Å². The van der Waals surface area contributed by atoms with Crippen LogP contribution in [-0.2, 0) is 19.1 Å². The highest BCUT2D eigenvalue weighted by Gasteiger charge is 2.45. The molecular weight excluding hydrogens is 803 g/mol. The molecule has 0 bridgehead atoms. The van der Waals surface area contributed by atoms with Gasteiger partial charge in [-0.2, -0.15) is 5.10 Å². The van der Waals surface area contributed by atoms with Crippen molar-refractivity contribution in [3.05, 3.63) is 89.5 Å². The molecule has 4 amide bonds. The van der Waals surface area contributed by atoms with Gasteiger partial charge in [0.1, 0.15) is 41.0 Å². The molecule has 0 spiro atoms. The molecule has 330 valence electrons. The van der Waals surface area contributed by atoms with Crippen molar-refractivity contribution in [3.63, 3.8) is 0 Å². The van der Waals surface area contributed by atoms with E-state index in [1.165, 1.54) is 0 Å². The van der Waals surface area contributed by atoms with E-state index in [4.69, 9.17) is 20.3 Å².